The standard InChI is InChI=1S/C22H18ClNO4/c1-13-20(22(27)28-3)19(11-15-7-9-17(23)10-8-15)21(26)24(13)18-6-4-5-16(12-18)14(2)25/h4-12H,1-3H3. The van der Waals surface area contributed by atoms with Gasteiger partial charge in [0, 0.05) is 22.0 Å². The predicted octanol–water partition coefficient (Wildman–Crippen LogP) is 4.42. The van der Waals surface area contributed by atoms with Gasteiger partial charge in [-0.3, -0.25) is 14.5 Å². The molecular weight excluding hydrogens is 378 g/mol. The SMILES string of the molecule is COC(=O)C1=C(C)N(c2cccc(C(C)=O)c2)C(=O)C1=Cc1ccc(Cl)cc1. The molecule has 0 N–H and O–H groups in total. The van der Waals surface area contributed by atoms with Crippen molar-refractivity contribution in [1.29, 1.82) is 0 Å². The van der Waals surface area contributed by atoms with Crippen molar-refractivity contribution in [2.45, 2.75) is 13.8 Å². The zero-order chi connectivity index (χ0) is 20.4. The van der Waals surface area contributed by atoms with Crippen LogP contribution in [0.25, 0.3) is 6.08 Å². The van der Waals surface area contributed by atoms with Crippen molar-refractivity contribution >= 4 is 41.0 Å². The number of anilines is 1. The van der Waals surface area contributed by atoms with Crippen molar-refractivity contribution in [3.8, 4) is 0 Å². The van der Waals surface area contributed by atoms with E-state index >= 15 is 0 Å². The highest BCUT2D eigenvalue weighted by atomic mass is 35.5. The lowest BCUT2D eigenvalue weighted by atomic mass is 10.0. The van der Waals surface area contributed by atoms with E-state index in [1.54, 1.807) is 61.5 Å². The summed E-state index contributed by atoms with van der Waals surface area (Å²) in [7, 11) is 1.27. The van der Waals surface area contributed by atoms with Crippen LogP contribution in [-0.4, -0.2) is 24.8 Å². The molecule has 0 saturated heterocycles. The molecule has 28 heavy (non-hydrogen) atoms. The second kappa shape index (κ2) is 7.82. The van der Waals surface area contributed by atoms with E-state index in [1.165, 1.54) is 18.9 Å². The number of ketones is 1. The summed E-state index contributed by atoms with van der Waals surface area (Å²) >= 11 is 5.92. The van der Waals surface area contributed by atoms with Gasteiger partial charge in [0.2, 0.25) is 0 Å². The van der Waals surface area contributed by atoms with Gasteiger partial charge in [-0.05, 0) is 49.8 Å². The van der Waals surface area contributed by atoms with Crippen molar-refractivity contribution in [2.75, 3.05) is 12.0 Å². The Morgan fingerprint density at radius 2 is 1.79 bits per heavy atom. The number of benzene rings is 2. The van der Waals surface area contributed by atoms with Gasteiger partial charge in [0.25, 0.3) is 5.91 Å². The summed E-state index contributed by atoms with van der Waals surface area (Å²) in [5.41, 5.74) is 2.57. The van der Waals surface area contributed by atoms with Crippen LogP contribution >= 0.6 is 11.6 Å². The number of allylic oxidation sites excluding steroid dienone is 1. The molecule has 0 aromatic heterocycles. The molecule has 3 rings (SSSR count). The molecule has 0 saturated carbocycles. The van der Waals surface area contributed by atoms with Crippen LogP contribution in [0.3, 0.4) is 0 Å². The molecule has 0 bridgehead atoms. The van der Waals surface area contributed by atoms with Crippen molar-refractivity contribution in [1.82, 2.24) is 0 Å². The first-order valence-corrected chi connectivity index (χ1v) is 8.93. The topological polar surface area (TPSA) is 63.7 Å². The maximum absolute atomic E-state index is 13.2. The third-order valence-electron chi connectivity index (χ3n) is 4.48. The van der Waals surface area contributed by atoms with Gasteiger partial charge in [0.1, 0.15) is 0 Å². The molecule has 5 nitrogen and oxygen atoms in total. The van der Waals surface area contributed by atoms with Crippen molar-refractivity contribution < 1.29 is 19.1 Å². The van der Waals surface area contributed by atoms with E-state index < -0.39 is 5.97 Å². The zero-order valence-electron chi connectivity index (χ0n) is 15.7. The first kappa shape index (κ1) is 19.6. The van der Waals surface area contributed by atoms with Gasteiger partial charge in [-0.15, -0.1) is 0 Å². The Hall–Kier alpha value is -3.18. The fraction of sp³-hybridized carbons (Fsp3) is 0.136. The van der Waals surface area contributed by atoms with E-state index in [9.17, 15) is 14.4 Å². The molecule has 0 fully saturated rings. The number of ether oxygens (including phenoxy) is 1. The van der Waals surface area contributed by atoms with Gasteiger partial charge in [-0.2, -0.15) is 0 Å². The first-order valence-electron chi connectivity index (χ1n) is 8.55. The Morgan fingerprint density at radius 1 is 1.11 bits per heavy atom. The maximum Gasteiger partial charge on any atom is 0.340 e. The number of amides is 1. The number of esters is 1. The number of carbonyl (C=O) groups is 3. The summed E-state index contributed by atoms with van der Waals surface area (Å²) in [4.78, 5) is 38.7. The highest BCUT2D eigenvalue weighted by Crippen LogP contribution is 2.35. The lowest BCUT2D eigenvalue weighted by molar-refractivity contribution is -0.136. The molecule has 0 aliphatic carbocycles. The molecule has 2 aromatic carbocycles. The van der Waals surface area contributed by atoms with Gasteiger partial charge < -0.3 is 4.74 Å². The van der Waals surface area contributed by atoms with Crippen molar-refractivity contribution in [3.05, 3.63) is 81.5 Å². The number of nitrogens with zero attached hydrogens (tertiary/aromatic N) is 1. The molecule has 1 aliphatic rings. The molecule has 2 aromatic rings. The summed E-state index contributed by atoms with van der Waals surface area (Å²) in [6, 6.07) is 13.6. The largest absolute Gasteiger partial charge is 0.465 e. The molecular formula is C22H18ClNO4. The zero-order valence-corrected chi connectivity index (χ0v) is 16.4. The van der Waals surface area contributed by atoms with E-state index in [0.717, 1.165) is 5.56 Å². The average Bonchev–Trinajstić information content (AvgIpc) is 2.93. The lowest BCUT2D eigenvalue weighted by Gasteiger charge is -2.18. The van der Waals surface area contributed by atoms with Crippen LogP contribution in [0.5, 0.6) is 0 Å². The summed E-state index contributed by atoms with van der Waals surface area (Å²) in [5, 5.41) is 0.572. The minimum Gasteiger partial charge on any atom is -0.465 e. The second-order valence-corrected chi connectivity index (χ2v) is 6.75. The van der Waals surface area contributed by atoms with Gasteiger partial charge in [0.15, 0.2) is 5.78 Å². The monoisotopic (exact) mass is 395 g/mol. The minimum absolute atomic E-state index is 0.111. The van der Waals surface area contributed by atoms with Crippen LogP contribution in [-0.2, 0) is 14.3 Å². The number of methoxy groups -OCH3 is 1. The number of halogens is 1. The van der Waals surface area contributed by atoms with Crippen molar-refractivity contribution in [2.24, 2.45) is 0 Å². The maximum atomic E-state index is 13.2. The minimum atomic E-state index is -0.601. The highest BCUT2D eigenvalue weighted by molar-refractivity contribution is 6.30. The summed E-state index contributed by atoms with van der Waals surface area (Å²) in [6.45, 7) is 3.13. The van der Waals surface area contributed by atoms with E-state index in [1.807, 2.05) is 0 Å². The number of Topliss-reactive ketones (excluding diaryl/α,β-unsaturated/α-hetero) is 1. The van der Waals surface area contributed by atoms with Crippen LogP contribution in [0.1, 0.15) is 29.8 Å². The van der Waals surface area contributed by atoms with Gasteiger partial charge >= 0.3 is 5.97 Å². The molecule has 0 atom stereocenters. The van der Waals surface area contributed by atoms with E-state index in [4.69, 9.17) is 16.3 Å². The predicted molar refractivity (Wildman–Crippen MR) is 108 cm³/mol. The molecule has 1 amide bonds. The Balaban J connectivity index is 2.14. The number of hydrogen-bond donors (Lipinski definition) is 0. The molecule has 142 valence electrons. The highest BCUT2D eigenvalue weighted by Gasteiger charge is 2.38. The fourth-order valence-electron chi connectivity index (χ4n) is 3.08. The van der Waals surface area contributed by atoms with Crippen LogP contribution in [0, 0.1) is 0 Å². The Bertz CT molecular complexity index is 1030. The smallest absolute Gasteiger partial charge is 0.340 e. The summed E-state index contributed by atoms with van der Waals surface area (Å²) < 4.78 is 4.89. The van der Waals surface area contributed by atoms with Crippen LogP contribution in [0.2, 0.25) is 5.02 Å². The van der Waals surface area contributed by atoms with E-state index in [2.05, 4.69) is 0 Å². The van der Waals surface area contributed by atoms with Crippen LogP contribution < -0.4 is 4.90 Å². The summed E-state index contributed by atoms with van der Waals surface area (Å²) in [5.74, 6) is -1.08. The molecule has 1 heterocycles. The van der Waals surface area contributed by atoms with E-state index in [-0.39, 0.29) is 22.8 Å². The van der Waals surface area contributed by atoms with Gasteiger partial charge in [-0.1, -0.05) is 35.9 Å². The Kier molecular flexibility index (Phi) is 5.47. The number of hydrogen-bond acceptors (Lipinski definition) is 4. The van der Waals surface area contributed by atoms with Crippen LogP contribution in [0.15, 0.2) is 65.4 Å². The van der Waals surface area contributed by atoms with E-state index in [0.29, 0.717) is 22.0 Å². The molecule has 1 aliphatic heterocycles. The van der Waals surface area contributed by atoms with Gasteiger partial charge in [0.05, 0.1) is 18.3 Å². The third-order valence-corrected chi connectivity index (χ3v) is 4.73. The quantitative estimate of drug-likeness (QED) is 0.436. The molecule has 0 unspecified atom stereocenters. The summed E-state index contributed by atoms with van der Waals surface area (Å²) in [6.07, 6.45) is 1.63. The number of rotatable bonds is 4. The first-order chi connectivity index (χ1) is 13.3. The normalized spacial score (nSPS) is 15.4. The lowest BCUT2D eigenvalue weighted by Crippen LogP contribution is -2.24. The molecule has 6 heteroatoms. The third kappa shape index (κ3) is 3.62. The Morgan fingerprint density at radius 3 is 2.39 bits per heavy atom. The fourth-order valence-corrected chi connectivity index (χ4v) is 3.21. The average molecular weight is 396 g/mol. The molecule has 0 spiro atoms. The second-order valence-electron chi connectivity index (χ2n) is 6.31. The Labute approximate surface area is 167 Å². The van der Waals surface area contributed by atoms with Gasteiger partial charge in [-0.25, -0.2) is 4.79 Å². The molecule has 0 radical (unpaired) electrons. The van der Waals surface area contributed by atoms with Crippen molar-refractivity contribution in [3.63, 3.8) is 0 Å². The van der Waals surface area contributed by atoms with Crippen LogP contribution in [0.4, 0.5) is 5.69 Å². The number of carbonyl (C=O) groups excluding carboxylic acids is 3.